The maximum Gasteiger partial charge on any atom is -0.0102 e. The maximum atomic E-state index is 2.37. The summed E-state index contributed by atoms with van der Waals surface area (Å²) < 4.78 is 0. The molecule has 0 heteroatoms. The molecule has 1 aromatic rings. The van der Waals surface area contributed by atoms with Crippen molar-refractivity contribution in [2.75, 3.05) is 0 Å². The van der Waals surface area contributed by atoms with E-state index < -0.39 is 0 Å². The van der Waals surface area contributed by atoms with E-state index in [9.17, 15) is 0 Å². The SMILES string of the molecule is CCCc1ccc2cc3cc(C(C)C)cccc-3c2c1. The largest absolute Gasteiger partial charge is 0.0651 e. The third-order valence-corrected chi connectivity index (χ3v) is 4.11. The molecule has 0 saturated heterocycles. The molecule has 20 heavy (non-hydrogen) atoms. The van der Waals surface area contributed by atoms with Crippen molar-refractivity contribution in [3.63, 3.8) is 0 Å². The van der Waals surface area contributed by atoms with Gasteiger partial charge in [0.1, 0.15) is 0 Å². The molecule has 0 spiro atoms. The fourth-order valence-corrected chi connectivity index (χ4v) is 2.96. The van der Waals surface area contributed by atoms with Crippen LogP contribution in [0.4, 0.5) is 0 Å². The lowest BCUT2D eigenvalue weighted by Crippen LogP contribution is -1.82. The number of hydrogen-bond donors (Lipinski definition) is 0. The fourth-order valence-electron chi connectivity index (χ4n) is 2.96. The van der Waals surface area contributed by atoms with Gasteiger partial charge in [-0.15, -0.1) is 0 Å². The Morgan fingerprint density at radius 3 is 2.55 bits per heavy atom. The van der Waals surface area contributed by atoms with Crippen LogP contribution in [-0.4, -0.2) is 0 Å². The van der Waals surface area contributed by atoms with Gasteiger partial charge in [-0.05, 0) is 51.4 Å². The smallest absolute Gasteiger partial charge is 0.0102 e. The van der Waals surface area contributed by atoms with Gasteiger partial charge in [-0.1, -0.05) is 69.7 Å². The van der Waals surface area contributed by atoms with Crippen LogP contribution >= 0.6 is 0 Å². The highest BCUT2D eigenvalue weighted by atomic mass is 14.1. The van der Waals surface area contributed by atoms with Gasteiger partial charge in [-0.2, -0.15) is 0 Å². The first-order valence-electron chi connectivity index (χ1n) is 7.64. The Labute approximate surface area is 121 Å². The summed E-state index contributed by atoms with van der Waals surface area (Å²) in [7, 11) is 0. The lowest BCUT2D eigenvalue weighted by molar-refractivity contribution is 0.869. The summed E-state index contributed by atoms with van der Waals surface area (Å²) in [5, 5.41) is 2.76. The summed E-state index contributed by atoms with van der Waals surface area (Å²) >= 11 is 0. The van der Waals surface area contributed by atoms with E-state index in [1.165, 1.54) is 45.9 Å². The van der Waals surface area contributed by atoms with Gasteiger partial charge in [0.15, 0.2) is 0 Å². The number of fused-ring (bicyclic) bond motifs is 3. The first kappa shape index (κ1) is 13.2. The molecule has 0 fully saturated rings. The van der Waals surface area contributed by atoms with E-state index in [0.29, 0.717) is 5.92 Å². The summed E-state index contributed by atoms with van der Waals surface area (Å²) in [6.45, 7) is 6.74. The summed E-state index contributed by atoms with van der Waals surface area (Å²) in [6.07, 6.45) is 2.37. The van der Waals surface area contributed by atoms with Crippen molar-refractivity contribution >= 4 is 10.8 Å². The van der Waals surface area contributed by atoms with Crippen molar-refractivity contribution in [3.8, 4) is 11.1 Å². The van der Waals surface area contributed by atoms with Crippen LogP contribution in [0, 0.1) is 0 Å². The third-order valence-electron chi connectivity index (χ3n) is 4.11. The molecule has 0 saturated carbocycles. The zero-order valence-corrected chi connectivity index (χ0v) is 12.6. The number of hydrogen-bond acceptors (Lipinski definition) is 0. The Hall–Kier alpha value is -1.82. The molecule has 2 aliphatic carbocycles. The van der Waals surface area contributed by atoms with Crippen molar-refractivity contribution in [3.05, 3.63) is 59.7 Å². The molecule has 0 N–H and O–H groups in total. The highest BCUT2D eigenvalue weighted by molar-refractivity contribution is 6.02. The van der Waals surface area contributed by atoms with Crippen LogP contribution < -0.4 is 0 Å². The molecule has 0 aromatic heterocycles. The standard InChI is InChI=1S/C20H22/c1-4-6-15-9-10-17-13-18-12-16(14(2)3)7-5-8-19(18)20(17)11-15/h5,7-14H,4,6H2,1-3H3. The molecule has 0 atom stereocenters. The lowest BCUT2D eigenvalue weighted by Gasteiger charge is -2.02. The molecule has 3 rings (SSSR count). The quantitative estimate of drug-likeness (QED) is 0.541. The van der Waals surface area contributed by atoms with Gasteiger partial charge < -0.3 is 0 Å². The predicted octanol–water partition coefficient (Wildman–Crippen LogP) is 6.02. The van der Waals surface area contributed by atoms with Crippen molar-refractivity contribution in [1.29, 1.82) is 0 Å². The van der Waals surface area contributed by atoms with E-state index in [-0.39, 0.29) is 0 Å². The number of aryl methyl sites for hydroxylation is 1. The molecule has 0 bridgehead atoms. The second-order valence-corrected chi connectivity index (χ2v) is 6.01. The highest BCUT2D eigenvalue weighted by Gasteiger charge is 2.10. The van der Waals surface area contributed by atoms with Gasteiger partial charge in [0, 0.05) is 0 Å². The molecule has 0 amide bonds. The van der Waals surface area contributed by atoms with Gasteiger partial charge in [-0.3, -0.25) is 0 Å². The Kier molecular flexibility index (Phi) is 3.48. The van der Waals surface area contributed by atoms with Crippen LogP contribution in [0.25, 0.3) is 21.9 Å². The molecule has 102 valence electrons. The van der Waals surface area contributed by atoms with Crippen LogP contribution in [-0.2, 0) is 6.42 Å². The zero-order chi connectivity index (χ0) is 14.1. The molecule has 0 nitrogen and oxygen atoms in total. The number of benzene rings is 1. The average Bonchev–Trinajstić information content (AvgIpc) is 2.62. The Bertz CT molecular complexity index is 707. The van der Waals surface area contributed by atoms with E-state index in [2.05, 4.69) is 69.3 Å². The molecule has 2 aliphatic rings. The molecule has 0 unspecified atom stereocenters. The normalized spacial score (nSPS) is 11.6. The van der Waals surface area contributed by atoms with Crippen LogP contribution in [0.5, 0.6) is 0 Å². The maximum absolute atomic E-state index is 2.37. The van der Waals surface area contributed by atoms with Crippen molar-refractivity contribution in [2.24, 2.45) is 0 Å². The molecule has 0 heterocycles. The van der Waals surface area contributed by atoms with Crippen molar-refractivity contribution in [2.45, 2.75) is 39.5 Å². The van der Waals surface area contributed by atoms with E-state index in [1.54, 1.807) is 0 Å². The molecule has 0 radical (unpaired) electrons. The Morgan fingerprint density at radius 1 is 0.950 bits per heavy atom. The van der Waals surface area contributed by atoms with Crippen molar-refractivity contribution in [1.82, 2.24) is 0 Å². The van der Waals surface area contributed by atoms with Gasteiger partial charge in [0.2, 0.25) is 0 Å². The predicted molar refractivity (Wildman–Crippen MR) is 88.7 cm³/mol. The topological polar surface area (TPSA) is 0 Å². The average molecular weight is 262 g/mol. The Balaban J connectivity index is 2.20. The van der Waals surface area contributed by atoms with Crippen molar-refractivity contribution < 1.29 is 0 Å². The van der Waals surface area contributed by atoms with E-state index in [1.807, 2.05) is 0 Å². The minimum atomic E-state index is 0.569. The summed E-state index contributed by atoms with van der Waals surface area (Å²) in [4.78, 5) is 0. The molecule has 0 aliphatic heterocycles. The monoisotopic (exact) mass is 262 g/mol. The first-order chi connectivity index (χ1) is 9.69. The first-order valence-corrected chi connectivity index (χ1v) is 7.64. The zero-order valence-electron chi connectivity index (χ0n) is 12.6. The van der Waals surface area contributed by atoms with Crippen LogP contribution in [0.3, 0.4) is 0 Å². The number of rotatable bonds is 3. The molecule has 1 aromatic carbocycles. The lowest BCUT2D eigenvalue weighted by atomic mass is 10.0. The van der Waals surface area contributed by atoms with Crippen LogP contribution in [0.1, 0.15) is 44.2 Å². The van der Waals surface area contributed by atoms with E-state index >= 15 is 0 Å². The van der Waals surface area contributed by atoms with E-state index in [4.69, 9.17) is 0 Å². The van der Waals surface area contributed by atoms with Gasteiger partial charge >= 0.3 is 0 Å². The second kappa shape index (κ2) is 5.28. The molecular formula is C20H22. The minimum absolute atomic E-state index is 0.569. The van der Waals surface area contributed by atoms with Crippen LogP contribution in [0.15, 0.2) is 48.5 Å². The van der Waals surface area contributed by atoms with Gasteiger partial charge in [-0.25, -0.2) is 0 Å². The summed E-state index contributed by atoms with van der Waals surface area (Å²) in [6, 6.07) is 18.3. The van der Waals surface area contributed by atoms with Crippen LogP contribution in [0.2, 0.25) is 0 Å². The molecular weight excluding hydrogens is 240 g/mol. The summed E-state index contributed by atoms with van der Waals surface area (Å²) in [5.41, 5.74) is 5.60. The van der Waals surface area contributed by atoms with Gasteiger partial charge in [0.05, 0.1) is 0 Å². The van der Waals surface area contributed by atoms with Gasteiger partial charge in [0.25, 0.3) is 0 Å². The minimum Gasteiger partial charge on any atom is -0.0651 e. The third kappa shape index (κ3) is 2.31. The van der Waals surface area contributed by atoms with E-state index in [0.717, 1.165) is 0 Å². The Morgan fingerprint density at radius 2 is 1.80 bits per heavy atom. The fraction of sp³-hybridized carbons (Fsp3) is 0.300. The highest BCUT2D eigenvalue weighted by Crippen LogP contribution is 2.35. The summed E-state index contributed by atoms with van der Waals surface area (Å²) in [5.74, 6) is 0.569. The second-order valence-electron chi connectivity index (χ2n) is 6.01.